The summed E-state index contributed by atoms with van der Waals surface area (Å²) >= 11 is 0. The molecule has 1 aromatic heterocycles. The number of nitrogens with zero attached hydrogens (tertiary/aromatic N) is 3. The Morgan fingerprint density at radius 1 is 1.04 bits per heavy atom. The highest BCUT2D eigenvalue weighted by molar-refractivity contribution is 5.89. The van der Waals surface area contributed by atoms with Crippen LogP contribution < -0.4 is 5.32 Å². The van der Waals surface area contributed by atoms with Crippen molar-refractivity contribution in [3.05, 3.63) is 59.5 Å². The molecule has 0 atom stereocenters. The Hall–Kier alpha value is -2.86. The molecule has 6 heteroatoms. The van der Waals surface area contributed by atoms with Crippen molar-refractivity contribution < 1.29 is 9.21 Å². The number of hydrogen-bond donors (Lipinski definition) is 1. The standard InChI is InChI=1S/C21H24N4O2/c1-15-3-6-17(7-4-15)22-21(26)25-11-9-24(10-12-25)14-20-23-18-13-16(2)5-8-19(18)27-20/h3-8,13H,9-12,14H2,1-2H3,(H,22,26). The first-order valence-corrected chi connectivity index (χ1v) is 9.28. The van der Waals surface area contributed by atoms with Crippen LogP contribution in [0.3, 0.4) is 0 Å². The number of urea groups is 1. The zero-order valence-corrected chi connectivity index (χ0v) is 15.7. The van der Waals surface area contributed by atoms with E-state index in [9.17, 15) is 4.79 Å². The Balaban J connectivity index is 1.31. The van der Waals surface area contributed by atoms with Crippen molar-refractivity contribution in [3.63, 3.8) is 0 Å². The molecule has 0 spiro atoms. The van der Waals surface area contributed by atoms with E-state index in [4.69, 9.17) is 4.42 Å². The van der Waals surface area contributed by atoms with E-state index in [0.717, 1.165) is 35.8 Å². The maximum absolute atomic E-state index is 12.4. The predicted molar refractivity (Wildman–Crippen MR) is 106 cm³/mol. The molecule has 1 N–H and O–H groups in total. The first kappa shape index (κ1) is 17.5. The quantitative estimate of drug-likeness (QED) is 0.768. The highest BCUT2D eigenvalue weighted by atomic mass is 16.3. The Bertz CT molecular complexity index is 940. The number of aryl methyl sites for hydroxylation is 2. The second-order valence-electron chi connectivity index (χ2n) is 7.14. The largest absolute Gasteiger partial charge is 0.439 e. The summed E-state index contributed by atoms with van der Waals surface area (Å²) in [5.74, 6) is 0.730. The van der Waals surface area contributed by atoms with Crippen LogP contribution in [-0.2, 0) is 6.54 Å². The molecule has 1 aliphatic heterocycles. The predicted octanol–water partition coefficient (Wildman–Crippen LogP) is 3.79. The molecule has 0 radical (unpaired) electrons. The van der Waals surface area contributed by atoms with Crippen molar-refractivity contribution in [1.82, 2.24) is 14.8 Å². The number of fused-ring (bicyclic) bond motifs is 1. The summed E-state index contributed by atoms with van der Waals surface area (Å²) in [6, 6.07) is 13.8. The van der Waals surface area contributed by atoms with Gasteiger partial charge >= 0.3 is 6.03 Å². The molecule has 0 saturated carbocycles. The number of piperazine rings is 1. The van der Waals surface area contributed by atoms with E-state index in [1.165, 1.54) is 11.1 Å². The summed E-state index contributed by atoms with van der Waals surface area (Å²) in [4.78, 5) is 21.1. The van der Waals surface area contributed by atoms with Gasteiger partial charge in [0.25, 0.3) is 0 Å². The topological polar surface area (TPSA) is 61.6 Å². The van der Waals surface area contributed by atoms with E-state index in [1.54, 1.807) is 0 Å². The SMILES string of the molecule is Cc1ccc(NC(=O)N2CCN(Cc3nc4cc(C)ccc4o3)CC2)cc1. The molecular weight excluding hydrogens is 340 g/mol. The van der Waals surface area contributed by atoms with Crippen molar-refractivity contribution in [2.24, 2.45) is 0 Å². The van der Waals surface area contributed by atoms with Gasteiger partial charge in [0.05, 0.1) is 6.54 Å². The van der Waals surface area contributed by atoms with Crippen molar-refractivity contribution >= 4 is 22.8 Å². The molecule has 1 saturated heterocycles. The minimum absolute atomic E-state index is 0.0455. The van der Waals surface area contributed by atoms with Crippen LogP contribution in [0.2, 0.25) is 0 Å². The molecule has 6 nitrogen and oxygen atoms in total. The molecule has 2 heterocycles. The molecular formula is C21H24N4O2. The van der Waals surface area contributed by atoms with Crippen molar-refractivity contribution in [2.75, 3.05) is 31.5 Å². The first-order chi connectivity index (χ1) is 13.1. The van der Waals surface area contributed by atoms with Crippen molar-refractivity contribution in [3.8, 4) is 0 Å². The number of rotatable bonds is 3. The third-order valence-corrected chi connectivity index (χ3v) is 4.91. The maximum atomic E-state index is 12.4. The van der Waals surface area contributed by atoms with Gasteiger partial charge in [-0.25, -0.2) is 9.78 Å². The fourth-order valence-corrected chi connectivity index (χ4v) is 3.29. The number of benzene rings is 2. The van der Waals surface area contributed by atoms with Gasteiger partial charge < -0.3 is 14.6 Å². The highest BCUT2D eigenvalue weighted by Crippen LogP contribution is 2.19. The second kappa shape index (κ2) is 7.40. The Morgan fingerprint density at radius 2 is 1.74 bits per heavy atom. The summed E-state index contributed by atoms with van der Waals surface area (Å²) in [7, 11) is 0. The molecule has 0 bridgehead atoms. The Kier molecular flexibility index (Phi) is 4.81. The zero-order chi connectivity index (χ0) is 18.8. The lowest BCUT2D eigenvalue weighted by molar-refractivity contribution is 0.136. The monoisotopic (exact) mass is 364 g/mol. The number of amides is 2. The average molecular weight is 364 g/mol. The Labute approximate surface area is 158 Å². The molecule has 0 unspecified atom stereocenters. The molecule has 27 heavy (non-hydrogen) atoms. The van der Waals surface area contributed by atoms with Gasteiger partial charge in [0.1, 0.15) is 5.52 Å². The fourth-order valence-electron chi connectivity index (χ4n) is 3.29. The van der Waals surface area contributed by atoms with Gasteiger partial charge in [-0.15, -0.1) is 0 Å². The number of carbonyl (C=O) groups is 1. The molecule has 140 valence electrons. The molecule has 1 aliphatic rings. The smallest absolute Gasteiger partial charge is 0.321 e. The number of hydrogen-bond acceptors (Lipinski definition) is 4. The third kappa shape index (κ3) is 4.11. The summed E-state index contributed by atoms with van der Waals surface area (Å²) < 4.78 is 5.84. The average Bonchev–Trinajstić information content (AvgIpc) is 3.05. The molecule has 0 aliphatic carbocycles. The van der Waals surface area contributed by atoms with Gasteiger partial charge in [-0.1, -0.05) is 23.8 Å². The minimum Gasteiger partial charge on any atom is -0.439 e. The molecule has 4 rings (SSSR count). The molecule has 3 aromatic rings. The van der Waals surface area contributed by atoms with E-state index in [1.807, 2.05) is 54.3 Å². The van der Waals surface area contributed by atoms with Crippen LogP contribution in [0.25, 0.3) is 11.1 Å². The van der Waals surface area contributed by atoms with Crippen LogP contribution in [0, 0.1) is 13.8 Å². The van der Waals surface area contributed by atoms with Crippen LogP contribution in [-0.4, -0.2) is 47.0 Å². The van der Waals surface area contributed by atoms with E-state index in [-0.39, 0.29) is 6.03 Å². The summed E-state index contributed by atoms with van der Waals surface area (Å²) in [6.45, 7) is 7.74. The highest BCUT2D eigenvalue weighted by Gasteiger charge is 2.22. The number of aromatic nitrogens is 1. The van der Waals surface area contributed by atoms with Crippen molar-refractivity contribution in [1.29, 1.82) is 0 Å². The number of oxazole rings is 1. The molecule has 2 amide bonds. The van der Waals surface area contributed by atoms with Crippen molar-refractivity contribution in [2.45, 2.75) is 20.4 Å². The van der Waals surface area contributed by atoms with E-state index in [2.05, 4.69) is 22.1 Å². The summed E-state index contributed by atoms with van der Waals surface area (Å²) in [5.41, 5.74) is 4.91. The number of anilines is 1. The minimum atomic E-state index is -0.0455. The summed E-state index contributed by atoms with van der Waals surface area (Å²) in [5, 5.41) is 2.96. The van der Waals surface area contributed by atoms with Gasteiger partial charge in [-0.2, -0.15) is 0 Å². The van der Waals surface area contributed by atoms with Gasteiger partial charge in [-0.05, 0) is 43.7 Å². The van der Waals surface area contributed by atoms with Crippen LogP contribution in [0.15, 0.2) is 46.9 Å². The first-order valence-electron chi connectivity index (χ1n) is 9.28. The second-order valence-corrected chi connectivity index (χ2v) is 7.14. The Morgan fingerprint density at radius 3 is 2.48 bits per heavy atom. The number of nitrogens with one attached hydrogen (secondary N) is 1. The number of carbonyl (C=O) groups excluding carboxylic acids is 1. The van der Waals surface area contributed by atoms with Gasteiger partial charge in [0.2, 0.25) is 5.89 Å². The summed E-state index contributed by atoms with van der Waals surface area (Å²) in [6.07, 6.45) is 0. The fraction of sp³-hybridized carbons (Fsp3) is 0.333. The molecule has 1 fully saturated rings. The van der Waals surface area contributed by atoms with Gasteiger partial charge in [0.15, 0.2) is 5.58 Å². The van der Waals surface area contributed by atoms with Crippen LogP contribution >= 0.6 is 0 Å². The lowest BCUT2D eigenvalue weighted by Gasteiger charge is -2.34. The van der Waals surface area contributed by atoms with E-state index >= 15 is 0 Å². The van der Waals surface area contributed by atoms with Crippen LogP contribution in [0.5, 0.6) is 0 Å². The third-order valence-electron chi connectivity index (χ3n) is 4.91. The molecule has 2 aromatic carbocycles. The van der Waals surface area contributed by atoms with Crippen LogP contribution in [0.4, 0.5) is 10.5 Å². The van der Waals surface area contributed by atoms with E-state index < -0.39 is 0 Å². The van der Waals surface area contributed by atoms with E-state index in [0.29, 0.717) is 19.6 Å². The lowest BCUT2D eigenvalue weighted by atomic mass is 10.2. The van der Waals surface area contributed by atoms with Gasteiger partial charge in [-0.3, -0.25) is 4.90 Å². The maximum Gasteiger partial charge on any atom is 0.321 e. The zero-order valence-electron chi connectivity index (χ0n) is 15.7. The van der Waals surface area contributed by atoms with Crippen LogP contribution in [0.1, 0.15) is 17.0 Å². The normalized spacial score (nSPS) is 15.3. The van der Waals surface area contributed by atoms with Gasteiger partial charge in [0, 0.05) is 31.9 Å². The lowest BCUT2D eigenvalue weighted by Crippen LogP contribution is -2.49.